The number of hydrogen-bond acceptors (Lipinski definition) is 3. The second kappa shape index (κ2) is 9.80. The van der Waals surface area contributed by atoms with Crippen molar-refractivity contribution in [1.82, 2.24) is 19.7 Å². The number of fused-ring (bicyclic) bond motifs is 2. The molecule has 0 amide bonds. The van der Waals surface area contributed by atoms with Crippen molar-refractivity contribution >= 4 is 16.7 Å². The summed E-state index contributed by atoms with van der Waals surface area (Å²) in [4.78, 5) is 9.31. The van der Waals surface area contributed by atoms with E-state index in [1.165, 1.54) is 6.07 Å². The van der Waals surface area contributed by atoms with Crippen molar-refractivity contribution < 1.29 is 17.6 Å². The number of benzene rings is 2. The molecular weight excluding hydrogens is 518 g/mol. The third-order valence-electron chi connectivity index (χ3n) is 7.84. The van der Waals surface area contributed by atoms with Crippen LogP contribution < -0.4 is 4.90 Å². The van der Waals surface area contributed by atoms with Crippen LogP contribution in [0.3, 0.4) is 0 Å². The molecule has 4 heterocycles. The lowest BCUT2D eigenvalue weighted by atomic mass is 9.95. The van der Waals surface area contributed by atoms with Crippen LogP contribution in [0.5, 0.6) is 0 Å². The molecule has 0 spiro atoms. The van der Waals surface area contributed by atoms with E-state index in [0.29, 0.717) is 36.6 Å². The number of pyridine rings is 1. The van der Waals surface area contributed by atoms with Crippen molar-refractivity contribution in [1.29, 1.82) is 0 Å². The van der Waals surface area contributed by atoms with Crippen LogP contribution in [0.2, 0.25) is 0 Å². The summed E-state index contributed by atoms with van der Waals surface area (Å²) in [7, 11) is 0. The Bertz CT molecular complexity index is 1690. The number of halogens is 4. The highest BCUT2D eigenvalue weighted by atomic mass is 19.4. The van der Waals surface area contributed by atoms with Crippen LogP contribution in [-0.4, -0.2) is 26.3 Å². The maximum atomic E-state index is 16.0. The number of para-hydroxylation sites is 1. The Morgan fingerprint density at radius 3 is 2.42 bits per heavy atom. The van der Waals surface area contributed by atoms with Gasteiger partial charge in [-0.2, -0.15) is 18.3 Å². The van der Waals surface area contributed by atoms with Crippen LogP contribution in [-0.2, 0) is 32.0 Å². The van der Waals surface area contributed by atoms with E-state index in [1.54, 1.807) is 6.07 Å². The number of hydrogen-bond donors (Lipinski definition) is 1. The zero-order valence-corrected chi connectivity index (χ0v) is 22.5. The van der Waals surface area contributed by atoms with Gasteiger partial charge in [0.25, 0.3) is 0 Å². The second-order valence-electron chi connectivity index (χ2n) is 10.2. The van der Waals surface area contributed by atoms with Gasteiger partial charge < -0.3 is 9.88 Å². The molecule has 0 radical (unpaired) electrons. The number of H-pyrrole nitrogens is 1. The van der Waals surface area contributed by atoms with E-state index in [4.69, 9.17) is 5.10 Å². The summed E-state index contributed by atoms with van der Waals surface area (Å²) in [5.41, 5.74) is 6.90. The van der Waals surface area contributed by atoms with Gasteiger partial charge in [-0.05, 0) is 60.7 Å². The average molecular weight is 548 g/mol. The Morgan fingerprint density at radius 2 is 1.77 bits per heavy atom. The highest BCUT2D eigenvalue weighted by Crippen LogP contribution is 2.41. The Hall–Kier alpha value is -4.14. The molecule has 3 aromatic heterocycles. The molecule has 0 saturated heterocycles. The molecule has 0 bridgehead atoms. The number of alkyl halides is 3. The number of aryl methyl sites for hydroxylation is 3. The minimum atomic E-state index is -4.45. The lowest BCUT2D eigenvalue weighted by Crippen LogP contribution is -2.31. The molecule has 5 aromatic rings. The third-order valence-corrected chi connectivity index (χ3v) is 7.84. The van der Waals surface area contributed by atoms with Crippen molar-refractivity contribution in [3.05, 3.63) is 94.2 Å². The van der Waals surface area contributed by atoms with Gasteiger partial charge in [0.05, 0.1) is 22.6 Å². The van der Waals surface area contributed by atoms with Crippen LogP contribution in [0.4, 0.5) is 23.4 Å². The lowest BCUT2D eigenvalue weighted by molar-refractivity contribution is -0.137. The molecule has 0 aliphatic carbocycles. The van der Waals surface area contributed by atoms with Gasteiger partial charge in [-0.25, -0.2) is 14.1 Å². The highest BCUT2D eigenvalue weighted by Gasteiger charge is 2.33. The Balaban J connectivity index is 1.58. The zero-order valence-electron chi connectivity index (χ0n) is 22.5. The van der Waals surface area contributed by atoms with Crippen LogP contribution in [0.25, 0.3) is 27.8 Å². The number of aromatic amines is 1. The summed E-state index contributed by atoms with van der Waals surface area (Å²) in [5.74, 6) is 0.0991. The quantitative estimate of drug-likeness (QED) is 0.231. The van der Waals surface area contributed by atoms with Gasteiger partial charge in [-0.15, -0.1) is 0 Å². The van der Waals surface area contributed by atoms with Crippen molar-refractivity contribution in [3.63, 3.8) is 0 Å². The molecule has 1 aliphatic rings. The first kappa shape index (κ1) is 26.1. The first-order valence-electron chi connectivity index (χ1n) is 13.5. The van der Waals surface area contributed by atoms with E-state index < -0.39 is 11.7 Å². The standard InChI is InChI=1S/C31H29F4N5/c1-4-19-7-6-8-20(5-2)29(19)40-30(27-22-11-13-36-28(22)18(3)15-24(27)32)23-17-39(14-12-25(23)38-40)26-10-9-21(16-37-26)31(33,34)35/h6-11,13,15-16,36H,4-5,12,14,17H2,1-3H3. The summed E-state index contributed by atoms with van der Waals surface area (Å²) in [6.07, 6.45) is 0.337. The molecular formula is C31H29F4N5. The molecule has 1 aliphatic heterocycles. The summed E-state index contributed by atoms with van der Waals surface area (Å²) in [6, 6.07) is 12.1. The smallest absolute Gasteiger partial charge is 0.361 e. The van der Waals surface area contributed by atoms with Gasteiger partial charge in [0.1, 0.15) is 11.6 Å². The fourth-order valence-corrected chi connectivity index (χ4v) is 5.82. The fraction of sp³-hybridized carbons (Fsp3) is 0.290. The van der Waals surface area contributed by atoms with Crippen molar-refractivity contribution in [3.8, 4) is 16.9 Å². The molecule has 206 valence electrons. The summed E-state index contributed by atoms with van der Waals surface area (Å²) >= 11 is 0. The van der Waals surface area contributed by atoms with Gasteiger partial charge in [-0.3, -0.25) is 0 Å². The molecule has 9 heteroatoms. The molecule has 40 heavy (non-hydrogen) atoms. The number of aromatic nitrogens is 4. The van der Waals surface area contributed by atoms with Gasteiger partial charge >= 0.3 is 6.18 Å². The normalized spacial score (nSPS) is 13.7. The maximum absolute atomic E-state index is 16.0. The molecule has 0 atom stereocenters. The first-order chi connectivity index (χ1) is 19.2. The maximum Gasteiger partial charge on any atom is 0.417 e. The number of rotatable bonds is 5. The highest BCUT2D eigenvalue weighted by molar-refractivity contribution is 5.97. The predicted molar refractivity (Wildman–Crippen MR) is 148 cm³/mol. The monoisotopic (exact) mass is 547 g/mol. The fourth-order valence-electron chi connectivity index (χ4n) is 5.82. The topological polar surface area (TPSA) is 49.7 Å². The summed E-state index contributed by atoms with van der Waals surface area (Å²) < 4.78 is 57.4. The largest absolute Gasteiger partial charge is 0.417 e. The van der Waals surface area contributed by atoms with Crippen LogP contribution in [0.15, 0.2) is 54.9 Å². The van der Waals surface area contributed by atoms with E-state index in [-0.39, 0.29) is 5.82 Å². The minimum Gasteiger partial charge on any atom is -0.361 e. The third kappa shape index (κ3) is 4.24. The SMILES string of the molecule is CCc1cccc(CC)c1-n1nc2c(c1-c1c(F)cc(C)c3[nH]ccc13)CN(c1ccc(C(F)(F)F)cn1)CC2. The van der Waals surface area contributed by atoms with Crippen LogP contribution >= 0.6 is 0 Å². The lowest BCUT2D eigenvalue weighted by Gasteiger charge is -2.28. The van der Waals surface area contributed by atoms with Crippen LogP contribution in [0.1, 0.15) is 47.4 Å². The van der Waals surface area contributed by atoms with Crippen molar-refractivity contribution in [2.75, 3.05) is 11.4 Å². The predicted octanol–water partition coefficient (Wildman–Crippen LogP) is 7.57. The number of nitrogens with one attached hydrogen (secondary N) is 1. The molecule has 0 unspecified atom stereocenters. The summed E-state index contributed by atoms with van der Waals surface area (Å²) in [5, 5.41) is 5.85. The minimum absolute atomic E-state index is 0.342. The molecule has 1 N–H and O–H groups in total. The Kier molecular flexibility index (Phi) is 6.40. The first-order valence-corrected chi connectivity index (χ1v) is 13.5. The molecule has 5 nitrogen and oxygen atoms in total. The zero-order chi connectivity index (χ0) is 28.2. The molecule has 0 saturated carbocycles. The van der Waals surface area contributed by atoms with Gasteiger partial charge in [0.15, 0.2) is 0 Å². The van der Waals surface area contributed by atoms with E-state index in [2.05, 4.69) is 35.9 Å². The van der Waals surface area contributed by atoms with Crippen molar-refractivity contribution in [2.45, 2.75) is 52.8 Å². The van der Waals surface area contributed by atoms with E-state index in [1.807, 2.05) is 34.8 Å². The van der Waals surface area contributed by atoms with Gasteiger partial charge in [0.2, 0.25) is 0 Å². The van der Waals surface area contributed by atoms with Gasteiger partial charge in [0, 0.05) is 53.9 Å². The van der Waals surface area contributed by atoms with E-state index >= 15 is 4.39 Å². The number of anilines is 1. The Labute approximate surface area is 229 Å². The second-order valence-corrected chi connectivity index (χ2v) is 10.2. The Morgan fingerprint density at radius 1 is 1.02 bits per heavy atom. The molecule has 0 fully saturated rings. The molecule has 2 aromatic carbocycles. The number of nitrogens with zero attached hydrogens (tertiary/aromatic N) is 4. The van der Waals surface area contributed by atoms with E-state index in [0.717, 1.165) is 69.6 Å². The van der Waals surface area contributed by atoms with Crippen LogP contribution in [0, 0.1) is 12.7 Å². The van der Waals surface area contributed by atoms with Crippen molar-refractivity contribution in [2.24, 2.45) is 0 Å². The molecule has 6 rings (SSSR count). The summed E-state index contributed by atoms with van der Waals surface area (Å²) in [6.45, 7) is 6.94. The van der Waals surface area contributed by atoms with Gasteiger partial charge in [-0.1, -0.05) is 32.0 Å². The van der Waals surface area contributed by atoms with E-state index in [9.17, 15) is 13.2 Å². The average Bonchev–Trinajstić information content (AvgIpc) is 3.58.